The van der Waals surface area contributed by atoms with Gasteiger partial charge < -0.3 is 42.3 Å². The molecule has 14 heavy (non-hydrogen) atoms. The van der Waals surface area contributed by atoms with Crippen LogP contribution in [0.2, 0.25) is 0 Å². The Labute approximate surface area is 134 Å². The fourth-order valence-electron chi connectivity index (χ4n) is 0. The van der Waals surface area contributed by atoms with Gasteiger partial charge in [0.05, 0.1) is 0 Å². The second-order valence-electron chi connectivity index (χ2n) is 0.565. The standard InChI is InChI=1S/2CH2O3.2La.4H2O/c2*2-1(3)4;;;;;;/h2*(H2,2,3,4);;;4*1H2. The van der Waals surface area contributed by atoms with Gasteiger partial charge in [0.2, 0.25) is 0 Å². The zero-order valence-electron chi connectivity index (χ0n) is 6.76. The molecule has 0 fully saturated rings. The zero-order valence-corrected chi connectivity index (χ0v) is 14.0. The summed E-state index contributed by atoms with van der Waals surface area (Å²) in [7, 11) is 0. The Kier molecular flexibility index (Phi) is 214. The number of hydrogen-bond donors (Lipinski definition) is 4. The summed E-state index contributed by atoms with van der Waals surface area (Å²) in [5.74, 6) is 0. The Hall–Kier alpha value is 0.770. The Morgan fingerprint density at radius 3 is 0.571 bits per heavy atom. The van der Waals surface area contributed by atoms with Gasteiger partial charge in [-0.25, -0.2) is 9.59 Å². The second kappa shape index (κ2) is 49.0. The Morgan fingerprint density at radius 2 is 0.571 bits per heavy atom. The van der Waals surface area contributed by atoms with Crippen LogP contribution in [0.15, 0.2) is 0 Å². The summed E-state index contributed by atoms with van der Waals surface area (Å²) in [4.78, 5) is 17.1. The first kappa shape index (κ1) is 61.1. The maximum Gasteiger partial charge on any atom is 0.503 e. The monoisotopic (exact) mass is 474 g/mol. The van der Waals surface area contributed by atoms with Crippen molar-refractivity contribution in [2.75, 3.05) is 0 Å². The average molecular weight is 474 g/mol. The van der Waals surface area contributed by atoms with Gasteiger partial charge in [-0.3, -0.25) is 0 Å². The molecule has 86 valence electrons. The SMILES string of the molecule is O.O.O.O.O=C(O)O.O=C(O)O.[La].[La]. The summed E-state index contributed by atoms with van der Waals surface area (Å²) in [6.07, 6.45) is -3.67. The van der Waals surface area contributed by atoms with Crippen molar-refractivity contribution in [1.82, 2.24) is 0 Å². The van der Waals surface area contributed by atoms with E-state index in [4.69, 9.17) is 30.0 Å². The van der Waals surface area contributed by atoms with E-state index in [9.17, 15) is 0 Å². The molecular formula is C2H12La2O10. The molecule has 0 aliphatic heterocycles. The van der Waals surface area contributed by atoms with Crippen molar-refractivity contribution in [2.45, 2.75) is 0 Å². The van der Waals surface area contributed by atoms with Gasteiger partial charge in [-0.2, -0.15) is 0 Å². The smallest absolute Gasteiger partial charge is 0.450 e. The molecule has 0 atom stereocenters. The number of carbonyl (C=O) groups is 2. The van der Waals surface area contributed by atoms with Crippen LogP contribution in [0.4, 0.5) is 9.59 Å². The molecule has 0 aromatic carbocycles. The minimum atomic E-state index is -1.83. The van der Waals surface area contributed by atoms with Gasteiger partial charge in [0.15, 0.2) is 0 Å². The van der Waals surface area contributed by atoms with Crippen molar-refractivity contribution in [3.05, 3.63) is 0 Å². The largest absolute Gasteiger partial charge is 0.503 e. The van der Waals surface area contributed by atoms with Gasteiger partial charge in [0.25, 0.3) is 0 Å². The van der Waals surface area contributed by atoms with E-state index in [1.54, 1.807) is 0 Å². The van der Waals surface area contributed by atoms with Crippen LogP contribution in [0.3, 0.4) is 0 Å². The summed E-state index contributed by atoms with van der Waals surface area (Å²) < 4.78 is 0. The molecule has 0 aromatic rings. The minimum Gasteiger partial charge on any atom is -0.450 e. The van der Waals surface area contributed by atoms with Gasteiger partial charge in [-0.05, 0) is 0 Å². The van der Waals surface area contributed by atoms with Crippen molar-refractivity contribution in [3.8, 4) is 0 Å². The molecule has 10 nitrogen and oxygen atoms in total. The normalized spacial score (nSPS) is 3.43. The topological polar surface area (TPSA) is 241 Å². The number of rotatable bonds is 0. The van der Waals surface area contributed by atoms with E-state index in [0.29, 0.717) is 0 Å². The molecule has 0 aliphatic carbocycles. The van der Waals surface area contributed by atoms with Crippen molar-refractivity contribution in [3.63, 3.8) is 0 Å². The first-order valence-electron chi connectivity index (χ1n) is 1.30. The van der Waals surface area contributed by atoms with Crippen LogP contribution in [0.5, 0.6) is 0 Å². The van der Waals surface area contributed by atoms with Gasteiger partial charge >= 0.3 is 12.3 Å². The average Bonchev–Trinajstić information content (AvgIpc) is 1.25. The Bertz CT molecular complexity index is 74.1. The van der Waals surface area contributed by atoms with Crippen LogP contribution in [0.1, 0.15) is 0 Å². The second-order valence-corrected chi connectivity index (χ2v) is 0.565. The van der Waals surface area contributed by atoms with Crippen LogP contribution in [0, 0.1) is 71.2 Å². The van der Waals surface area contributed by atoms with Crippen molar-refractivity contribution in [2.24, 2.45) is 0 Å². The summed E-state index contributed by atoms with van der Waals surface area (Å²) >= 11 is 0. The van der Waals surface area contributed by atoms with Crippen LogP contribution >= 0.6 is 0 Å². The summed E-state index contributed by atoms with van der Waals surface area (Å²) in [6, 6.07) is 0. The molecular weight excluding hydrogens is 462 g/mol. The van der Waals surface area contributed by atoms with Crippen LogP contribution in [-0.4, -0.2) is 54.6 Å². The number of hydrogen-bond acceptors (Lipinski definition) is 2. The van der Waals surface area contributed by atoms with E-state index in [-0.39, 0.29) is 93.1 Å². The van der Waals surface area contributed by atoms with Gasteiger partial charge in [-0.1, -0.05) is 0 Å². The third kappa shape index (κ3) is 2990. The van der Waals surface area contributed by atoms with Crippen LogP contribution < -0.4 is 0 Å². The molecule has 0 heterocycles. The van der Waals surface area contributed by atoms with E-state index in [2.05, 4.69) is 0 Å². The predicted octanol–water partition coefficient (Wildman–Crippen LogP) is -2.85. The summed E-state index contributed by atoms with van der Waals surface area (Å²) in [6.45, 7) is 0. The molecule has 0 aromatic heterocycles. The Balaban J connectivity index is -0.00000000600. The molecule has 0 spiro atoms. The molecule has 0 rings (SSSR count). The maximum atomic E-state index is 8.56. The van der Waals surface area contributed by atoms with Gasteiger partial charge in [0.1, 0.15) is 0 Å². The van der Waals surface area contributed by atoms with Crippen LogP contribution in [0.25, 0.3) is 0 Å². The quantitative estimate of drug-likeness (QED) is 0.288. The van der Waals surface area contributed by atoms with E-state index in [1.807, 2.05) is 0 Å². The van der Waals surface area contributed by atoms with Gasteiger partial charge in [-0.15, -0.1) is 0 Å². The van der Waals surface area contributed by atoms with E-state index in [1.165, 1.54) is 0 Å². The molecule has 12 heteroatoms. The summed E-state index contributed by atoms with van der Waals surface area (Å²) in [5.41, 5.74) is 0. The fraction of sp³-hybridized carbons (Fsp3) is 0. The van der Waals surface area contributed by atoms with E-state index >= 15 is 0 Å². The van der Waals surface area contributed by atoms with Crippen LogP contribution in [-0.2, 0) is 0 Å². The number of carboxylic acid groups (broad SMARTS) is 4. The first-order chi connectivity index (χ1) is 3.46. The van der Waals surface area contributed by atoms with Crippen molar-refractivity contribution >= 4 is 12.3 Å². The van der Waals surface area contributed by atoms with Crippen molar-refractivity contribution in [1.29, 1.82) is 0 Å². The molecule has 0 saturated carbocycles. The van der Waals surface area contributed by atoms with E-state index in [0.717, 1.165) is 0 Å². The third-order valence-electron chi connectivity index (χ3n) is 0. The van der Waals surface area contributed by atoms with E-state index < -0.39 is 12.3 Å². The first-order valence-corrected chi connectivity index (χ1v) is 1.30. The maximum absolute atomic E-state index is 8.56. The zero-order chi connectivity index (χ0) is 7.15. The molecule has 2 radical (unpaired) electrons. The molecule has 0 saturated heterocycles. The summed E-state index contributed by atoms with van der Waals surface area (Å²) in [5, 5.41) is 27.9. The fourth-order valence-corrected chi connectivity index (χ4v) is 0. The van der Waals surface area contributed by atoms with Crippen molar-refractivity contribution < 1.29 is 123 Å². The molecule has 12 N–H and O–H groups in total. The molecule has 0 amide bonds. The molecule has 0 unspecified atom stereocenters. The predicted molar refractivity (Wildman–Crippen MR) is 35.8 cm³/mol. The van der Waals surface area contributed by atoms with Gasteiger partial charge in [0, 0.05) is 71.2 Å². The molecule has 0 bridgehead atoms. The molecule has 0 aliphatic rings. The minimum absolute atomic E-state index is 0. The Morgan fingerprint density at radius 1 is 0.571 bits per heavy atom. The third-order valence-corrected chi connectivity index (χ3v) is 0.